The Labute approximate surface area is 108 Å². The Balaban J connectivity index is 2.65. The highest BCUT2D eigenvalue weighted by atomic mass is 19.2. The predicted octanol–water partition coefficient (Wildman–Crippen LogP) is 2.77. The van der Waals surface area contributed by atoms with Crippen LogP contribution in [0.15, 0.2) is 18.2 Å². The van der Waals surface area contributed by atoms with Crippen LogP contribution in [0.4, 0.5) is 8.78 Å². The molecule has 0 unspecified atom stereocenters. The molecule has 0 spiro atoms. The van der Waals surface area contributed by atoms with Gasteiger partial charge in [-0.15, -0.1) is 0 Å². The van der Waals surface area contributed by atoms with Crippen LogP contribution in [0.25, 0.3) is 0 Å². The van der Waals surface area contributed by atoms with Gasteiger partial charge in [-0.25, -0.2) is 8.78 Å². The summed E-state index contributed by atoms with van der Waals surface area (Å²) in [5.41, 5.74) is 6.31. The van der Waals surface area contributed by atoms with E-state index in [0.717, 1.165) is 25.1 Å². The van der Waals surface area contributed by atoms with E-state index in [1.807, 2.05) is 0 Å². The van der Waals surface area contributed by atoms with E-state index in [0.29, 0.717) is 19.0 Å². The third-order valence-electron chi connectivity index (χ3n) is 2.69. The van der Waals surface area contributed by atoms with Gasteiger partial charge >= 0.3 is 0 Å². The van der Waals surface area contributed by atoms with Crippen LogP contribution in [0, 0.1) is 17.6 Å². The fraction of sp³-hybridized carbons (Fsp3) is 0.571. The van der Waals surface area contributed by atoms with E-state index < -0.39 is 11.6 Å². The van der Waals surface area contributed by atoms with Crippen LogP contribution in [0.1, 0.15) is 25.8 Å². The molecule has 1 rings (SSSR count). The van der Waals surface area contributed by atoms with Crippen molar-refractivity contribution in [2.75, 3.05) is 19.6 Å². The van der Waals surface area contributed by atoms with Crippen LogP contribution in [0.5, 0.6) is 0 Å². The average Bonchev–Trinajstić information content (AvgIpc) is 2.30. The molecule has 0 aliphatic heterocycles. The zero-order chi connectivity index (χ0) is 13.5. The molecule has 0 aliphatic carbocycles. The molecule has 18 heavy (non-hydrogen) atoms. The van der Waals surface area contributed by atoms with E-state index in [-0.39, 0.29) is 0 Å². The van der Waals surface area contributed by atoms with Crippen molar-refractivity contribution in [1.82, 2.24) is 4.90 Å². The lowest BCUT2D eigenvalue weighted by Crippen LogP contribution is -2.29. The van der Waals surface area contributed by atoms with Gasteiger partial charge in [-0.2, -0.15) is 0 Å². The largest absolute Gasteiger partial charge is 0.330 e. The molecule has 2 nitrogen and oxygen atoms in total. The van der Waals surface area contributed by atoms with Crippen LogP contribution in [-0.2, 0) is 6.54 Å². The normalized spacial score (nSPS) is 11.5. The SMILES string of the molecule is CC(C)CN(CCCN)Cc1ccc(F)c(F)c1. The summed E-state index contributed by atoms with van der Waals surface area (Å²) in [5, 5.41) is 0. The Morgan fingerprint density at radius 1 is 1.22 bits per heavy atom. The van der Waals surface area contributed by atoms with Gasteiger partial charge in [0.15, 0.2) is 11.6 Å². The second-order valence-corrected chi connectivity index (χ2v) is 5.02. The molecule has 0 heterocycles. The molecule has 0 saturated heterocycles. The zero-order valence-corrected chi connectivity index (χ0v) is 11.1. The molecule has 0 aliphatic rings. The molecule has 1 aromatic rings. The topological polar surface area (TPSA) is 29.3 Å². The van der Waals surface area contributed by atoms with Gasteiger partial charge in [-0.05, 0) is 43.1 Å². The molecule has 0 atom stereocenters. The molecule has 4 heteroatoms. The van der Waals surface area contributed by atoms with Crippen molar-refractivity contribution in [3.63, 3.8) is 0 Å². The van der Waals surface area contributed by atoms with E-state index in [9.17, 15) is 8.78 Å². The monoisotopic (exact) mass is 256 g/mol. The molecule has 0 radical (unpaired) electrons. The second kappa shape index (κ2) is 7.44. The first-order valence-corrected chi connectivity index (χ1v) is 6.39. The van der Waals surface area contributed by atoms with Crippen molar-refractivity contribution in [2.45, 2.75) is 26.8 Å². The summed E-state index contributed by atoms with van der Waals surface area (Å²) in [6.07, 6.45) is 0.913. The highest BCUT2D eigenvalue weighted by Gasteiger charge is 2.09. The highest BCUT2D eigenvalue weighted by Crippen LogP contribution is 2.12. The molecule has 0 bridgehead atoms. The second-order valence-electron chi connectivity index (χ2n) is 5.02. The van der Waals surface area contributed by atoms with Crippen molar-refractivity contribution in [2.24, 2.45) is 11.7 Å². The first-order valence-electron chi connectivity index (χ1n) is 6.39. The minimum atomic E-state index is -0.795. The van der Waals surface area contributed by atoms with E-state index >= 15 is 0 Å². The summed E-state index contributed by atoms with van der Waals surface area (Å²) in [6, 6.07) is 4.08. The van der Waals surface area contributed by atoms with E-state index in [2.05, 4.69) is 18.7 Å². The van der Waals surface area contributed by atoms with Crippen LogP contribution in [0.3, 0.4) is 0 Å². The summed E-state index contributed by atoms with van der Waals surface area (Å²) >= 11 is 0. The van der Waals surface area contributed by atoms with Crippen molar-refractivity contribution in [1.29, 1.82) is 0 Å². The van der Waals surface area contributed by atoms with Crippen molar-refractivity contribution in [3.8, 4) is 0 Å². The molecule has 0 aromatic heterocycles. The molecular formula is C14H22F2N2. The lowest BCUT2D eigenvalue weighted by molar-refractivity contribution is 0.234. The summed E-state index contributed by atoms with van der Waals surface area (Å²) in [7, 11) is 0. The maximum Gasteiger partial charge on any atom is 0.159 e. The van der Waals surface area contributed by atoms with Crippen LogP contribution in [-0.4, -0.2) is 24.5 Å². The van der Waals surface area contributed by atoms with Crippen molar-refractivity contribution in [3.05, 3.63) is 35.4 Å². The molecule has 0 amide bonds. The number of nitrogens with two attached hydrogens (primary N) is 1. The number of nitrogens with zero attached hydrogens (tertiary/aromatic N) is 1. The maximum atomic E-state index is 13.1. The van der Waals surface area contributed by atoms with Gasteiger partial charge in [0.05, 0.1) is 0 Å². The number of halogens is 2. The first-order chi connectivity index (χ1) is 8.52. The molecule has 2 N–H and O–H groups in total. The minimum absolute atomic E-state index is 0.535. The van der Waals surface area contributed by atoms with E-state index in [1.165, 1.54) is 12.1 Å². The van der Waals surface area contributed by atoms with Gasteiger partial charge in [-0.3, -0.25) is 4.90 Å². The molecular weight excluding hydrogens is 234 g/mol. The molecule has 0 saturated carbocycles. The van der Waals surface area contributed by atoms with Gasteiger partial charge in [0.25, 0.3) is 0 Å². The van der Waals surface area contributed by atoms with Crippen molar-refractivity contribution < 1.29 is 8.78 Å². The Morgan fingerprint density at radius 2 is 1.94 bits per heavy atom. The summed E-state index contributed by atoms with van der Waals surface area (Å²) in [5.74, 6) is -1.04. The summed E-state index contributed by atoms with van der Waals surface area (Å²) < 4.78 is 26.0. The standard InChI is InChI=1S/C14H22F2N2/c1-11(2)9-18(7-3-6-17)10-12-4-5-13(15)14(16)8-12/h4-5,8,11H,3,6-7,9-10,17H2,1-2H3. The third-order valence-corrected chi connectivity index (χ3v) is 2.69. The number of hydrogen-bond acceptors (Lipinski definition) is 2. The lowest BCUT2D eigenvalue weighted by atomic mass is 10.1. The lowest BCUT2D eigenvalue weighted by Gasteiger charge is -2.24. The van der Waals surface area contributed by atoms with Gasteiger partial charge in [-0.1, -0.05) is 19.9 Å². The zero-order valence-electron chi connectivity index (χ0n) is 11.1. The Morgan fingerprint density at radius 3 is 2.50 bits per heavy atom. The third kappa shape index (κ3) is 5.10. The quantitative estimate of drug-likeness (QED) is 0.813. The first kappa shape index (κ1) is 15.1. The van der Waals surface area contributed by atoms with Crippen LogP contribution in [0.2, 0.25) is 0 Å². The number of rotatable bonds is 7. The van der Waals surface area contributed by atoms with Gasteiger partial charge < -0.3 is 5.73 Å². The van der Waals surface area contributed by atoms with Crippen molar-refractivity contribution >= 4 is 0 Å². The predicted molar refractivity (Wildman–Crippen MR) is 70.1 cm³/mol. The van der Waals surface area contributed by atoms with Crippen LogP contribution < -0.4 is 5.73 Å². The minimum Gasteiger partial charge on any atom is -0.330 e. The summed E-state index contributed by atoms with van der Waals surface area (Å²) in [4.78, 5) is 2.23. The fourth-order valence-corrected chi connectivity index (χ4v) is 1.96. The smallest absolute Gasteiger partial charge is 0.159 e. The van der Waals surface area contributed by atoms with Gasteiger partial charge in [0.2, 0.25) is 0 Å². The van der Waals surface area contributed by atoms with Gasteiger partial charge in [0.1, 0.15) is 0 Å². The summed E-state index contributed by atoms with van der Waals surface area (Å²) in [6.45, 7) is 7.37. The average molecular weight is 256 g/mol. The van der Waals surface area contributed by atoms with Gasteiger partial charge in [0, 0.05) is 13.1 Å². The number of benzene rings is 1. The maximum absolute atomic E-state index is 13.1. The Kier molecular flexibility index (Phi) is 6.22. The Bertz CT molecular complexity index is 367. The molecule has 1 aromatic carbocycles. The fourth-order valence-electron chi connectivity index (χ4n) is 1.96. The molecule has 102 valence electrons. The molecule has 0 fully saturated rings. The van der Waals surface area contributed by atoms with E-state index in [4.69, 9.17) is 5.73 Å². The Hall–Kier alpha value is -1.00. The number of hydrogen-bond donors (Lipinski definition) is 1. The highest BCUT2D eigenvalue weighted by molar-refractivity contribution is 5.17. The van der Waals surface area contributed by atoms with E-state index in [1.54, 1.807) is 6.07 Å². The van der Waals surface area contributed by atoms with Crippen LogP contribution >= 0.6 is 0 Å².